The number of hydrogen-bond acceptors (Lipinski definition) is 5. The van der Waals surface area contributed by atoms with E-state index in [0.29, 0.717) is 5.39 Å². The van der Waals surface area contributed by atoms with E-state index in [4.69, 9.17) is 4.74 Å². The molecule has 1 unspecified atom stereocenters. The number of allylic oxidation sites excluding steroid dienone is 3. The topological polar surface area (TPSA) is 98.2 Å². The third kappa shape index (κ3) is 2.67. The van der Waals surface area contributed by atoms with Gasteiger partial charge in [0, 0.05) is 16.1 Å². The van der Waals surface area contributed by atoms with Crippen LogP contribution in [0.15, 0.2) is 45.8 Å². The van der Waals surface area contributed by atoms with Crippen LogP contribution < -0.4 is 5.56 Å². The van der Waals surface area contributed by atoms with Crippen molar-refractivity contribution in [3.63, 3.8) is 0 Å². The zero-order valence-electron chi connectivity index (χ0n) is 13.4. The SMILES string of the molecule is COC(=O)c1cc2cc[nH]c(=O)c2n1S(=O)(=O)C1(C)C=CC(Br)=CC1. The second-order valence-corrected chi connectivity index (χ2v) is 9.00. The molecule has 9 heteroatoms. The van der Waals surface area contributed by atoms with Gasteiger partial charge in [-0.2, -0.15) is 0 Å². The van der Waals surface area contributed by atoms with Gasteiger partial charge >= 0.3 is 5.97 Å². The van der Waals surface area contributed by atoms with Crippen LogP contribution in [0.25, 0.3) is 10.9 Å². The van der Waals surface area contributed by atoms with Crippen LogP contribution in [0.2, 0.25) is 0 Å². The summed E-state index contributed by atoms with van der Waals surface area (Å²) in [5.41, 5.74) is -0.917. The summed E-state index contributed by atoms with van der Waals surface area (Å²) in [6.45, 7) is 1.54. The van der Waals surface area contributed by atoms with Crippen molar-refractivity contribution in [1.29, 1.82) is 0 Å². The summed E-state index contributed by atoms with van der Waals surface area (Å²) in [7, 11) is -2.98. The first kappa shape index (κ1) is 17.7. The normalized spacial score (nSPS) is 20.5. The number of halogens is 1. The predicted molar refractivity (Wildman–Crippen MR) is 97.4 cm³/mol. The van der Waals surface area contributed by atoms with Gasteiger partial charge in [0.05, 0.1) is 7.11 Å². The number of rotatable bonds is 3. The summed E-state index contributed by atoms with van der Waals surface area (Å²) in [5, 5.41) is 0.341. The number of esters is 1. The standard InChI is InChI=1S/C16H15BrN2O5S/c1-16(6-3-11(17)4-7-16)25(22,23)19-12(15(21)24-2)9-10-5-8-18-14(20)13(10)19/h3-6,8-9H,7H2,1-2H3,(H,18,20). The number of aromatic amines is 1. The Hall–Kier alpha value is -2.13. The average molecular weight is 427 g/mol. The molecule has 25 heavy (non-hydrogen) atoms. The zero-order chi connectivity index (χ0) is 18.4. The summed E-state index contributed by atoms with van der Waals surface area (Å²) in [6, 6.07) is 2.88. The Morgan fingerprint density at radius 1 is 1.44 bits per heavy atom. The van der Waals surface area contributed by atoms with Gasteiger partial charge in [-0.3, -0.25) is 4.79 Å². The van der Waals surface area contributed by atoms with Crippen LogP contribution in [0.1, 0.15) is 23.8 Å². The van der Waals surface area contributed by atoms with Gasteiger partial charge in [0.15, 0.2) is 0 Å². The van der Waals surface area contributed by atoms with Crippen molar-refractivity contribution in [2.24, 2.45) is 0 Å². The molecule has 0 aromatic carbocycles. The van der Waals surface area contributed by atoms with E-state index in [2.05, 4.69) is 20.9 Å². The quantitative estimate of drug-likeness (QED) is 0.759. The maximum Gasteiger partial charge on any atom is 0.355 e. The third-order valence-corrected chi connectivity index (χ3v) is 7.13. The molecule has 1 aliphatic carbocycles. The predicted octanol–water partition coefficient (Wildman–Crippen LogP) is 2.29. The molecule has 0 saturated heterocycles. The Kier molecular flexibility index (Phi) is 4.24. The molecule has 3 rings (SSSR count). The van der Waals surface area contributed by atoms with Crippen molar-refractivity contribution < 1.29 is 17.9 Å². The number of hydrogen-bond donors (Lipinski definition) is 1. The van der Waals surface area contributed by atoms with E-state index in [1.54, 1.807) is 19.1 Å². The van der Waals surface area contributed by atoms with E-state index in [9.17, 15) is 18.0 Å². The summed E-state index contributed by atoms with van der Waals surface area (Å²) >= 11 is 3.30. The highest BCUT2D eigenvalue weighted by Crippen LogP contribution is 2.34. The lowest BCUT2D eigenvalue weighted by atomic mass is 10.0. The minimum absolute atomic E-state index is 0.105. The number of H-pyrrole nitrogens is 1. The van der Waals surface area contributed by atoms with E-state index in [-0.39, 0.29) is 17.6 Å². The maximum atomic E-state index is 13.4. The average Bonchev–Trinajstić information content (AvgIpc) is 2.98. The number of fused-ring (bicyclic) bond motifs is 1. The Balaban J connectivity index is 2.36. The number of nitrogens with zero attached hydrogens (tertiary/aromatic N) is 1. The molecule has 2 aromatic rings. The fourth-order valence-corrected chi connectivity index (χ4v) is 4.79. The van der Waals surface area contributed by atoms with Crippen molar-refractivity contribution in [3.8, 4) is 0 Å². The number of aromatic nitrogens is 2. The van der Waals surface area contributed by atoms with Crippen molar-refractivity contribution in [2.45, 2.75) is 18.1 Å². The maximum absolute atomic E-state index is 13.4. The number of ether oxygens (including phenoxy) is 1. The highest BCUT2D eigenvalue weighted by atomic mass is 79.9. The van der Waals surface area contributed by atoms with Crippen LogP contribution in [-0.4, -0.2) is 35.2 Å². The van der Waals surface area contributed by atoms with Crippen LogP contribution in [0, 0.1) is 0 Å². The van der Waals surface area contributed by atoms with Crippen molar-refractivity contribution >= 4 is 42.8 Å². The smallest absolute Gasteiger partial charge is 0.355 e. The lowest BCUT2D eigenvalue weighted by molar-refractivity contribution is 0.0593. The fraction of sp³-hybridized carbons (Fsp3) is 0.250. The van der Waals surface area contributed by atoms with Crippen LogP contribution in [0.5, 0.6) is 0 Å². The highest BCUT2D eigenvalue weighted by Gasteiger charge is 2.42. The largest absolute Gasteiger partial charge is 0.464 e. The number of carbonyl (C=O) groups is 1. The van der Waals surface area contributed by atoms with Crippen LogP contribution >= 0.6 is 15.9 Å². The second kappa shape index (κ2) is 5.99. The van der Waals surface area contributed by atoms with Gasteiger partial charge < -0.3 is 9.72 Å². The van der Waals surface area contributed by atoms with Gasteiger partial charge in [0.1, 0.15) is 16.0 Å². The number of methoxy groups -OCH3 is 1. The van der Waals surface area contributed by atoms with E-state index >= 15 is 0 Å². The van der Waals surface area contributed by atoms with Gasteiger partial charge in [-0.1, -0.05) is 34.2 Å². The fourth-order valence-electron chi connectivity index (χ4n) is 2.73. The molecule has 0 aliphatic heterocycles. The van der Waals surface area contributed by atoms with Gasteiger partial charge in [-0.25, -0.2) is 17.2 Å². The molecule has 1 atom stereocenters. The molecule has 0 bridgehead atoms. The Morgan fingerprint density at radius 3 is 2.76 bits per heavy atom. The van der Waals surface area contributed by atoms with Crippen molar-refractivity contribution in [2.75, 3.05) is 7.11 Å². The molecule has 1 aliphatic rings. The third-order valence-electron chi connectivity index (χ3n) is 4.20. The first-order valence-corrected chi connectivity index (χ1v) is 9.56. The highest BCUT2D eigenvalue weighted by molar-refractivity contribution is 9.11. The first-order chi connectivity index (χ1) is 11.7. The van der Waals surface area contributed by atoms with Crippen LogP contribution in [0.3, 0.4) is 0 Å². The Labute approximate surface area is 152 Å². The summed E-state index contributed by atoms with van der Waals surface area (Å²) in [5.74, 6) is -0.834. The first-order valence-electron chi connectivity index (χ1n) is 7.33. The van der Waals surface area contributed by atoms with Crippen LogP contribution in [-0.2, 0) is 14.8 Å². The lowest BCUT2D eigenvalue weighted by Gasteiger charge is -2.28. The monoisotopic (exact) mass is 426 g/mol. The minimum atomic E-state index is -4.13. The van der Waals surface area contributed by atoms with E-state index in [0.717, 1.165) is 15.6 Å². The number of carbonyl (C=O) groups excluding carboxylic acids is 1. The molecule has 7 nitrogen and oxygen atoms in total. The zero-order valence-corrected chi connectivity index (χ0v) is 15.8. The van der Waals surface area contributed by atoms with Gasteiger partial charge in [-0.05, 0) is 25.5 Å². The molecule has 0 saturated carbocycles. The van der Waals surface area contributed by atoms with Crippen molar-refractivity contribution in [3.05, 3.63) is 57.1 Å². The molecule has 2 heterocycles. The minimum Gasteiger partial charge on any atom is -0.464 e. The Morgan fingerprint density at radius 2 is 2.16 bits per heavy atom. The number of pyridine rings is 1. The molecule has 132 valence electrons. The summed E-state index contributed by atoms with van der Waals surface area (Å²) < 4.78 is 31.7. The molecule has 1 N–H and O–H groups in total. The molecule has 2 aromatic heterocycles. The van der Waals surface area contributed by atoms with Crippen molar-refractivity contribution in [1.82, 2.24) is 8.96 Å². The molecule has 0 spiro atoms. The van der Waals surface area contributed by atoms with E-state index in [1.807, 2.05) is 0 Å². The molecule has 0 radical (unpaired) electrons. The molecular formula is C16H15BrN2O5S. The van der Waals surface area contributed by atoms with Gasteiger partial charge in [0.2, 0.25) is 10.0 Å². The summed E-state index contributed by atoms with van der Waals surface area (Å²) in [6.07, 6.45) is 6.48. The van der Waals surface area contributed by atoms with Gasteiger partial charge in [-0.15, -0.1) is 0 Å². The lowest BCUT2D eigenvalue weighted by Crippen LogP contribution is -2.40. The Bertz CT molecular complexity index is 1090. The van der Waals surface area contributed by atoms with Crippen LogP contribution in [0.4, 0.5) is 0 Å². The molecular weight excluding hydrogens is 412 g/mol. The second-order valence-electron chi connectivity index (χ2n) is 5.84. The number of nitrogens with one attached hydrogen (secondary N) is 1. The van der Waals surface area contributed by atoms with E-state index < -0.39 is 26.3 Å². The van der Waals surface area contributed by atoms with E-state index in [1.165, 1.54) is 24.4 Å². The molecule has 0 amide bonds. The summed E-state index contributed by atoms with van der Waals surface area (Å²) in [4.78, 5) is 26.9. The van der Waals surface area contributed by atoms with Gasteiger partial charge in [0.25, 0.3) is 5.56 Å². The molecule has 0 fully saturated rings.